The van der Waals surface area contributed by atoms with Gasteiger partial charge in [0.25, 0.3) is 5.91 Å². The maximum absolute atomic E-state index is 12.6. The van der Waals surface area contributed by atoms with Crippen LogP contribution in [0.15, 0.2) is 30.3 Å². The van der Waals surface area contributed by atoms with Crippen LogP contribution in [-0.2, 0) is 7.05 Å². The zero-order chi connectivity index (χ0) is 20.4. The molecule has 2 aromatic heterocycles. The molecule has 3 aromatic rings. The van der Waals surface area contributed by atoms with Crippen LogP contribution in [-0.4, -0.2) is 39.8 Å². The first kappa shape index (κ1) is 19.3. The molecule has 0 radical (unpaired) electrons. The van der Waals surface area contributed by atoms with Gasteiger partial charge in [-0.3, -0.25) is 9.48 Å². The van der Waals surface area contributed by atoms with Crippen molar-refractivity contribution in [3.63, 3.8) is 0 Å². The Balaban J connectivity index is 1.73. The summed E-state index contributed by atoms with van der Waals surface area (Å²) in [6.07, 6.45) is 0. The molecule has 0 spiro atoms. The molecular formula is C20H25N7O. The second kappa shape index (κ2) is 7.67. The van der Waals surface area contributed by atoms with E-state index in [0.717, 1.165) is 23.0 Å². The van der Waals surface area contributed by atoms with Gasteiger partial charge in [-0.1, -0.05) is 0 Å². The first-order valence-electron chi connectivity index (χ1n) is 8.96. The van der Waals surface area contributed by atoms with Crippen LogP contribution >= 0.6 is 0 Å². The first-order chi connectivity index (χ1) is 13.2. The average molecular weight is 379 g/mol. The van der Waals surface area contributed by atoms with Crippen LogP contribution in [0, 0.1) is 20.8 Å². The van der Waals surface area contributed by atoms with Gasteiger partial charge < -0.3 is 15.5 Å². The molecular weight excluding hydrogens is 354 g/mol. The predicted octanol–water partition coefficient (Wildman–Crippen LogP) is 3.20. The summed E-state index contributed by atoms with van der Waals surface area (Å²) >= 11 is 0. The summed E-state index contributed by atoms with van der Waals surface area (Å²) in [6, 6.07) is 9.37. The van der Waals surface area contributed by atoms with Gasteiger partial charge in [-0.05, 0) is 45.0 Å². The minimum Gasteiger partial charge on any atom is -0.363 e. The maximum Gasteiger partial charge on any atom is 0.259 e. The molecule has 0 atom stereocenters. The van der Waals surface area contributed by atoms with Gasteiger partial charge in [0.05, 0.1) is 11.3 Å². The molecule has 0 saturated carbocycles. The Hall–Kier alpha value is -3.42. The maximum atomic E-state index is 12.6. The Morgan fingerprint density at radius 2 is 1.68 bits per heavy atom. The van der Waals surface area contributed by atoms with Crippen molar-refractivity contribution < 1.29 is 4.79 Å². The van der Waals surface area contributed by atoms with Crippen molar-refractivity contribution in [2.24, 2.45) is 7.05 Å². The van der Waals surface area contributed by atoms with Crippen LogP contribution in [0.2, 0.25) is 0 Å². The van der Waals surface area contributed by atoms with E-state index in [1.165, 1.54) is 0 Å². The highest BCUT2D eigenvalue weighted by Crippen LogP contribution is 2.21. The van der Waals surface area contributed by atoms with Gasteiger partial charge in [0.15, 0.2) is 0 Å². The van der Waals surface area contributed by atoms with Gasteiger partial charge >= 0.3 is 0 Å². The number of carbonyl (C=O) groups excluding carboxylic acids is 1. The normalized spacial score (nSPS) is 10.6. The smallest absolute Gasteiger partial charge is 0.259 e. The fraction of sp³-hybridized carbons (Fsp3) is 0.300. The van der Waals surface area contributed by atoms with Crippen molar-refractivity contribution in [2.45, 2.75) is 20.8 Å². The summed E-state index contributed by atoms with van der Waals surface area (Å²) < 4.78 is 1.71. The van der Waals surface area contributed by atoms with E-state index in [9.17, 15) is 4.79 Å². The van der Waals surface area contributed by atoms with Gasteiger partial charge in [-0.25, -0.2) is 9.97 Å². The van der Waals surface area contributed by atoms with Gasteiger partial charge in [-0.2, -0.15) is 5.10 Å². The van der Waals surface area contributed by atoms with Crippen molar-refractivity contribution in [1.29, 1.82) is 0 Å². The number of nitrogens with one attached hydrogen (secondary N) is 2. The summed E-state index contributed by atoms with van der Waals surface area (Å²) in [7, 11) is 5.71. The topological polar surface area (TPSA) is 88.0 Å². The lowest BCUT2D eigenvalue weighted by Gasteiger charge is -2.14. The third-order valence-corrected chi connectivity index (χ3v) is 4.43. The Labute approximate surface area is 164 Å². The number of hydrogen-bond donors (Lipinski definition) is 2. The zero-order valence-electron chi connectivity index (χ0n) is 17.0. The van der Waals surface area contributed by atoms with E-state index in [1.807, 2.05) is 77.1 Å². The zero-order valence-corrected chi connectivity index (χ0v) is 17.0. The summed E-state index contributed by atoms with van der Waals surface area (Å²) in [6.45, 7) is 5.58. The second-order valence-corrected chi connectivity index (χ2v) is 6.88. The molecule has 1 aromatic carbocycles. The second-order valence-electron chi connectivity index (χ2n) is 6.88. The summed E-state index contributed by atoms with van der Waals surface area (Å²) in [4.78, 5) is 23.3. The van der Waals surface area contributed by atoms with Gasteiger partial charge in [0.1, 0.15) is 17.5 Å². The molecule has 146 valence electrons. The number of benzene rings is 1. The molecule has 2 heterocycles. The molecule has 0 aliphatic carbocycles. The van der Waals surface area contributed by atoms with Crippen LogP contribution in [0.3, 0.4) is 0 Å². The quantitative estimate of drug-likeness (QED) is 0.708. The average Bonchev–Trinajstić information content (AvgIpc) is 2.88. The van der Waals surface area contributed by atoms with E-state index in [1.54, 1.807) is 4.68 Å². The summed E-state index contributed by atoms with van der Waals surface area (Å²) in [5.41, 5.74) is 3.74. The highest BCUT2D eigenvalue weighted by atomic mass is 16.1. The minimum absolute atomic E-state index is 0.161. The molecule has 0 aliphatic rings. The highest BCUT2D eigenvalue weighted by molar-refractivity contribution is 6.05. The Morgan fingerprint density at radius 3 is 2.25 bits per heavy atom. The van der Waals surface area contributed by atoms with Crippen molar-refractivity contribution in [3.05, 3.63) is 53.1 Å². The van der Waals surface area contributed by atoms with Crippen molar-refractivity contribution >= 4 is 28.9 Å². The summed E-state index contributed by atoms with van der Waals surface area (Å²) in [5.74, 6) is 2.08. The van der Waals surface area contributed by atoms with Crippen LogP contribution < -0.4 is 15.5 Å². The number of hydrogen-bond acceptors (Lipinski definition) is 6. The molecule has 1 amide bonds. The van der Waals surface area contributed by atoms with Crippen molar-refractivity contribution in [1.82, 2.24) is 19.7 Å². The number of anilines is 4. The Kier molecular flexibility index (Phi) is 5.30. The van der Waals surface area contributed by atoms with Gasteiger partial charge in [-0.15, -0.1) is 0 Å². The Morgan fingerprint density at radius 1 is 1.04 bits per heavy atom. The van der Waals surface area contributed by atoms with Crippen LogP contribution in [0.1, 0.15) is 27.6 Å². The third kappa shape index (κ3) is 4.11. The number of aryl methyl sites for hydroxylation is 3. The van der Waals surface area contributed by atoms with Gasteiger partial charge in [0.2, 0.25) is 0 Å². The molecule has 8 heteroatoms. The molecule has 0 aliphatic heterocycles. The van der Waals surface area contributed by atoms with E-state index < -0.39 is 0 Å². The SMILES string of the molecule is Cc1nc(Nc2ccc(NC(=O)c3c(C)nn(C)c3C)cc2)cc(N(C)C)n1. The third-order valence-electron chi connectivity index (χ3n) is 4.43. The molecule has 8 nitrogen and oxygen atoms in total. The first-order valence-corrected chi connectivity index (χ1v) is 8.96. The van der Waals surface area contributed by atoms with E-state index in [-0.39, 0.29) is 5.91 Å². The molecule has 0 bridgehead atoms. The van der Waals surface area contributed by atoms with Crippen LogP contribution in [0.4, 0.5) is 23.0 Å². The monoisotopic (exact) mass is 379 g/mol. The Bertz CT molecular complexity index is 1010. The standard InChI is InChI=1S/C20H25N7O/c1-12-19(13(2)27(6)25-12)20(28)24-16-9-7-15(8-10-16)23-17-11-18(26(4)5)22-14(3)21-17/h7-11H,1-6H3,(H,24,28)(H,21,22,23). The van der Waals surface area contributed by atoms with Crippen molar-refractivity contribution in [3.8, 4) is 0 Å². The lowest BCUT2D eigenvalue weighted by molar-refractivity contribution is 0.102. The van der Waals surface area contributed by atoms with E-state index in [0.29, 0.717) is 22.8 Å². The molecule has 0 unspecified atom stereocenters. The lowest BCUT2D eigenvalue weighted by atomic mass is 10.1. The number of carbonyl (C=O) groups is 1. The number of nitrogens with zero attached hydrogens (tertiary/aromatic N) is 5. The van der Waals surface area contributed by atoms with Crippen LogP contribution in [0.5, 0.6) is 0 Å². The molecule has 0 fully saturated rings. The molecule has 28 heavy (non-hydrogen) atoms. The fourth-order valence-electron chi connectivity index (χ4n) is 2.93. The van der Waals surface area contributed by atoms with Crippen molar-refractivity contribution in [2.75, 3.05) is 29.6 Å². The van der Waals surface area contributed by atoms with E-state index in [2.05, 4.69) is 25.7 Å². The molecule has 0 saturated heterocycles. The number of aromatic nitrogens is 4. The summed E-state index contributed by atoms with van der Waals surface area (Å²) in [5, 5.41) is 10.5. The van der Waals surface area contributed by atoms with E-state index >= 15 is 0 Å². The fourth-order valence-corrected chi connectivity index (χ4v) is 2.93. The minimum atomic E-state index is -0.161. The molecule has 2 N–H and O–H groups in total. The number of amides is 1. The van der Waals surface area contributed by atoms with Gasteiger partial charge in [0, 0.05) is 44.3 Å². The lowest BCUT2D eigenvalue weighted by Crippen LogP contribution is -2.14. The molecule has 3 rings (SSSR count). The largest absolute Gasteiger partial charge is 0.363 e. The van der Waals surface area contributed by atoms with E-state index in [4.69, 9.17) is 0 Å². The number of rotatable bonds is 5. The predicted molar refractivity (Wildman–Crippen MR) is 111 cm³/mol. The van der Waals surface area contributed by atoms with Crippen LogP contribution in [0.25, 0.3) is 0 Å². The highest BCUT2D eigenvalue weighted by Gasteiger charge is 2.17.